The summed E-state index contributed by atoms with van der Waals surface area (Å²) in [6, 6.07) is 10.1. The third-order valence-corrected chi connectivity index (χ3v) is 2.92. The third-order valence-electron chi connectivity index (χ3n) is 2.73. The van der Waals surface area contributed by atoms with Crippen molar-refractivity contribution in [3.05, 3.63) is 59.7 Å². The molecule has 0 saturated carbocycles. The van der Waals surface area contributed by atoms with Crippen LogP contribution < -0.4 is 4.74 Å². The Morgan fingerprint density at radius 1 is 1.24 bits per heavy atom. The normalized spacial score (nSPS) is 9.81. The summed E-state index contributed by atoms with van der Waals surface area (Å²) in [6.45, 7) is 0.421. The van der Waals surface area contributed by atoms with Gasteiger partial charge in [0.05, 0.1) is 12.2 Å². The molecule has 0 aliphatic heterocycles. The number of alkyl halides is 1. The number of halogens is 2. The largest absolute Gasteiger partial charge is 0.492 e. The molecule has 0 bridgehead atoms. The lowest BCUT2D eigenvalue weighted by Gasteiger charge is -2.08. The molecule has 4 heteroatoms. The van der Waals surface area contributed by atoms with Gasteiger partial charge in [-0.25, -0.2) is 4.39 Å². The van der Waals surface area contributed by atoms with Gasteiger partial charge in [0.2, 0.25) is 0 Å². The highest BCUT2D eigenvalue weighted by atomic mass is 35.5. The summed E-state index contributed by atoms with van der Waals surface area (Å²) in [5, 5.41) is 0. The van der Waals surface area contributed by atoms with Crippen LogP contribution in [-0.4, -0.2) is 17.5 Å². The van der Waals surface area contributed by atoms with Gasteiger partial charge in [-0.1, -0.05) is 17.9 Å². The van der Waals surface area contributed by atoms with Crippen LogP contribution in [0.1, 0.15) is 17.7 Å². The van der Waals surface area contributed by atoms with Crippen molar-refractivity contribution in [1.29, 1.82) is 0 Å². The van der Waals surface area contributed by atoms with Crippen LogP contribution in [0.15, 0.2) is 42.6 Å². The second kappa shape index (κ2) is 8.28. The lowest BCUT2D eigenvalue weighted by atomic mass is 10.2. The van der Waals surface area contributed by atoms with Crippen molar-refractivity contribution in [1.82, 2.24) is 4.98 Å². The maximum Gasteiger partial charge on any atom is 0.137 e. The molecular weight excluding hydrogens is 289 g/mol. The Hall–Kier alpha value is -2.05. The average molecular weight is 304 g/mol. The lowest BCUT2D eigenvalue weighted by molar-refractivity contribution is 0.318. The van der Waals surface area contributed by atoms with Crippen molar-refractivity contribution in [2.75, 3.05) is 12.5 Å². The van der Waals surface area contributed by atoms with Gasteiger partial charge in [-0.2, -0.15) is 0 Å². The molecule has 1 heterocycles. The summed E-state index contributed by atoms with van der Waals surface area (Å²) in [5.41, 5.74) is 1.60. The van der Waals surface area contributed by atoms with Gasteiger partial charge in [0, 0.05) is 36.7 Å². The molecular formula is C17H15ClFNO. The minimum Gasteiger partial charge on any atom is -0.492 e. The molecule has 2 nitrogen and oxygen atoms in total. The van der Waals surface area contributed by atoms with E-state index in [-0.39, 0.29) is 5.82 Å². The second-order valence-electron chi connectivity index (χ2n) is 4.30. The van der Waals surface area contributed by atoms with Crippen LogP contribution in [0, 0.1) is 17.7 Å². The number of rotatable bonds is 5. The zero-order chi connectivity index (χ0) is 14.9. The van der Waals surface area contributed by atoms with E-state index in [0.29, 0.717) is 36.6 Å². The van der Waals surface area contributed by atoms with Gasteiger partial charge >= 0.3 is 0 Å². The Morgan fingerprint density at radius 2 is 2.14 bits per heavy atom. The summed E-state index contributed by atoms with van der Waals surface area (Å²) in [5.74, 6) is 6.46. The fraction of sp³-hybridized carbons (Fsp3) is 0.235. The van der Waals surface area contributed by atoms with Gasteiger partial charge in [0.1, 0.15) is 11.6 Å². The Morgan fingerprint density at radius 3 is 2.90 bits per heavy atom. The molecule has 0 fully saturated rings. The highest BCUT2D eigenvalue weighted by molar-refractivity contribution is 6.18. The fourth-order valence-electron chi connectivity index (χ4n) is 1.74. The van der Waals surface area contributed by atoms with Gasteiger partial charge in [-0.05, 0) is 24.3 Å². The van der Waals surface area contributed by atoms with Crippen LogP contribution >= 0.6 is 11.6 Å². The maximum atomic E-state index is 13.3. The molecule has 0 aliphatic rings. The Bertz CT molecular complexity index is 634. The topological polar surface area (TPSA) is 22.1 Å². The number of benzene rings is 1. The van der Waals surface area contributed by atoms with E-state index in [4.69, 9.17) is 16.3 Å². The van der Waals surface area contributed by atoms with Crippen molar-refractivity contribution in [3.8, 4) is 17.6 Å². The molecule has 108 valence electrons. The quantitative estimate of drug-likeness (QED) is 0.619. The first-order chi connectivity index (χ1) is 10.3. The molecule has 1 aromatic carbocycles. The first kappa shape index (κ1) is 15.3. The zero-order valence-electron chi connectivity index (χ0n) is 11.5. The second-order valence-corrected chi connectivity index (χ2v) is 4.68. The van der Waals surface area contributed by atoms with E-state index in [1.54, 1.807) is 12.3 Å². The molecule has 0 saturated heterocycles. The molecule has 2 rings (SSSR count). The number of ether oxygens (including phenoxy) is 1. The van der Waals surface area contributed by atoms with E-state index in [1.807, 2.05) is 18.2 Å². The van der Waals surface area contributed by atoms with Crippen LogP contribution in [0.5, 0.6) is 5.75 Å². The number of hydrogen-bond donors (Lipinski definition) is 0. The predicted octanol–water partition coefficient (Wildman–Crippen LogP) is 3.82. The number of aromatic nitrogens is 1. The minimum atomic E-state index is -0.342. The van der Waals surface area contributed by atoms with Gasteiger partial charge < -0.3 is 4.74 Å². The number of nitrogens with zero attached hydrogens (tertiary/aromatic N) is 1. The van der Waals surface area contributed by atoms with E-state index in [0.717, 1.165) is 5.69 Å². The summed E-state index contributed by atoms with van der Waals surface area (Å²) in [6.07, 6.45) is 2.98. The van der Waals surface area contributed by atoms with Crippen molar-refractivity contribution in [3.63, 3.8) is 0 Å². The van der Waals surface area contributed by atoms with E-state index >= 15 is 0 Å². The van der Waals surface area contributed by atoms with Crippen LogP contribution in [0.4, 0.5) is 4.39 Å². The van der Waals surface area contributed by atoms with Crippen molar-refractivity contribution in [2.24, 2.45) is 0 Å². The highest BCUT2D eigenvalue weighted by Gasteiger charge is 2.04. The van der Waals surface area contributed by atoms with Crippen molar-refractivity contribution in [2.45, 2.75) is 12.8 Å². The Labute approximate surface area is 128 Å². The molecule has 0 atom stereocenters. The first-order valence-electron chi connectivity index (χ1n) is 6.66. The Kier molecular flexibility index (Phi) is 6.05. The van der Waals surface area contributed by atoms with E-state index < -0.39 is 0 Å². The fourth-order valence-corrected chi connectivity index (χ4v) is 1.83. The predicted molar refractivity (Wildman–Crippen MR) is 82.1 cm³/mol. The summed E-state index contributed by atoms with van der Waals surface area (Å²) >= 11 is 5.58. The molecule has 0 radical (unpaired) electrons. The molecule has 21 heavy (non-hydrogen) atoms. The van der Waals surface area contributed by atoms with Gasteiger partial charge in [-0.3, -0.25) is 4.98 Å². The molecule has 0 spiro atoms. The average Bonchev–Trinajstić information content (AvgIpc) is 2.51. The Balaban J connectivity index is 2.01. The molecule has 2 aromatic rings. The van der Waals surface area contributed by atoms with Crippen LogP contribution in [0.3, 0.4) is 0 Å². The first-order valence-corrected chi connectivity index (χ1v) is 7.20. The highest BCUT2D eigenvalue weighted by Crippen LogP contribution is 2.19. The molecule has 0 aliphatic carbocycles. The van der Waals surface area contributed by atoms with E-state index in [2.05, 4.69) is 16.8 Å². The number of pyridine rings is 1. The van der Waals surface area contributed by atoms with Crippen LogP contribution in [0.25, 0.3) is 0 Å². The maximum absolute atomic E-state index is 13.3. The molecule has 1 aromatic heterocycles. The summed E-state index contributed by atoms with van der Waals surface area (Å²) in [4.78, 5) is 4.21. The third kappa shape index (κ3) is 5.09. The molecule has 0 amide bonds. The summed E-state index contributed by atoms with van der Waals surface area (Å²) in [7, 11) is 0. The van der Waals surface area contributed by atoms with Crippen molar-refractivity contribution < 1.29 is 9.13 Å². The molecule has 0 unspecified atom stereocenters. The number of hydrogen-bond acceptors (Lipinski definition) is 2. The van der Waals surface area contributed by atoms with E-state index in [9.17, 15) is 4.39 Å². The van der Waals surface area contributed by atoms with Gasteiger partial charge in [-0.15, -0.1) is 11.6 Å². The molecule has 0 N–H and O–H groups in total. The van der Waals surface area contributed by atoms with Gasteiger partial charge in [0.15, 0.2) is 0 Å². The van der Waals surface area contributed by atoms with E-state index in [1.165, 1.54) is 12.1 Å². The van der Waals surface area contributed by atoms with Crippen LogP contribution in [-0.2, 0) is 6.42 Å². The monoisotopic (exact) mass is 303 g/mol. The zero-order valence-corrected chi connectivity index (χ0v) is 12.2. The smallest absolute Gasteiger partial charge is 0.137 e. The standard InChI is InChI=1S/C17H15ClFNO/c18-10-3-1-5-14-7-8-15(19)13-17(14)21-12-9-16-6-2-4-11-20-16/h2,4,6-8,11,13H,3,9-10,12H2. The van der Waals surface area contributed by atoms with Crippen molar-refractivity contribution >= 4 is 11.6 Å². The summed E-state index contributed by atoms with van der Waals surface area (Å²) < 4.78 is 19.0. The SMILES string of the molecule is Fc1ccc(C#CCCCl)c(OCCc2ccccn2)c1. The van der Waals surface area contributed by atoms with Crippen LogP contribution in [0.2, 0.25) is 0 Å². The van der Waals surface area contributed by atoms with Gasteiger partial charge in [0.25, 0.3) is 0 Å². The lowest BCUT2D eigenvalue weighted by Crippen LogP contribution is -2.04. The minimum absolute atomic E-state index is 0.342.